The Bertz CT molecular complexity index is 163. The smallest absolute Gasteiger partial charge is 0.0419 e. The summed E-state index contributed by atoms with van der Waals surface area (Å²) in [7, 11) is 3.78. The molecule has 0 saturated carbocycles. The summed E-state index contributed by atoms with van der Waals surface area (Å²) in [5.41, 5.74) is 0.772. The van der Waals surface area contributed by atoms with Gasteiger partial charge in [-0.3, -0.25) is 9.89 Å². The van der Waals surface area contributed by atoms with Gasteiger partial charge in [0, 0.05) is 31.6 Å². The largest absolute Gasteiger partial charge is 0.308 e. The Kier molecular flexibility index (Phi) is 5.54. The van der Waals surface area contributed by atoms with Crippen molar-refractivity contribution in [2.75, 3.05) is 20.6 Å². The Labute approximate surface area is 75.0 Å². The normalized spacial score (nSPS) is 14.1. The summed E-state index contributed by atoms with van der Waals surface area (Å²) in [5.74, 6) is 0. The maximum absolute atomic E-state index is 7.51. The second-order valence-corrected chi connectivity index (χ2v) is 3.02. The van der Waals surface area contributed by atoms with Crippen LogP contribution in [0.5, 0.6) is 0 Å². The molecule has 0 aromatic carbocycles. The van der Waals surface area contributed by atoms with E-state index in [1.165, 1.54) is 0 Å². The maximum Gasteiger partial charge on any atom is 0.0419 e. The average Bonchev–Trinajstić information content (AvgIpc) is 2.04. The number of hydrogen-bond donors (Lipinski definition) is 1. The van der Waals surface area contributed by atoms with Gasteiger partial charge in [0.1, 0.15) is 0 Å². The summed E-state index contributed by atoms with van der Waals surface area (Å²) in [6, 6.07) is 0.321. The molecule has 0 bridgehead atoms. The fourth-order valence-electron chi connectivity index (χ4n) is 0.886. The van der Waals surface area contributed by atoms with Gasteiger partial charge in [-0.25, -0.2) is 0 Å². The lowest BCUT2D eigenvalue weighted by Crippen LogP contribution is -2.34. The van der Waals surface area contributed by atoms with E-state index in [-0.39, 0.29) is 0 Å². The minimum atomic E-state index is 0.321. The molecule has 0 rings (SSSR count). The lowest BCUT2D eigenvalue weighted by Gasteiger charge is -2.20. The van der Waals surface area contributed by atoms with Crippen molar-refractivity contribution in [2.45, 2.75) is 26.3 Å². The second-order valence-electron chi connectivity index (χ2n) is 3.02. The van der Waals surface area contributed by atoms with E-state index in [4.69, 9.17) is 5.41 Å². The van der Waals surface area contributed by atoms with Crippen LogP contribution in [0.3, 0.4) is 0 Å². The molecule has 3 heteroatoms. The van der Waals surface area contributed by atoms with Crippen LogP contribution in [0.4, 0.5) is 0 Å². The monoisotopic (exact) mass is 169 g/mol. The molecule has 0 aliphatic carbocycles. The van der Waals surface area contributed by atoms with Crippen molar-refractivity contribution in [2.24, 2.45) is 4.99 Å². The molecule has 0 aromatic heterocycles. The molecule has 1 N–H and O–H groups in total. The fourth-order valence-corrected chi connectivity index (χ4v) is 0.886. The third-order valence-corrected chi connectivity index (χ3v) is 1.93. The molecule has 0 aromatic rings. The summed E-state index contributed by atoms with van der Waals surface area (Å²) in [6.07, 6.45) is 2.73. The molecule has 0 amide bonds. The van der Waals surface area contributed by atoms with Crippen molar-refractivity contribution in [1.29, 1.82) is 5.41 Å². The molecule has 70 valence electrons. The summed E-state index contributed by atoms with van der Waals surface area (Å²) < 4.78 is 0. The van der Waals surface area contributed by atoms with E-state index in [2.05, 4.69) is 16.8 Å². The van der Waals surface area contributed by atoms with Gasteiger partial charge in [-0.2, -0.15) is 0 Å². The minimum Gasteiger partial charge on any atom is -0.308 e. The first-order chi connectivity index (χ1) is 5.61. The average molecular weight is 169 g/mol. The molecule has 3 nitrogen and oxygen atoms in total. The molecule has 0 radical (unpaired) electrons. The van der Waals surface area contributed by atoms with E-state index in [0.717, 1.165) is 18.7 Å². The van der Waals surface area contributed by atoms with E-state index in [9.17, 15) is 0 Å². The van der Waals surface area contributed by atoms with Crippen molar-refractivity contribution >= 4 is 11.9 Å². The van der Waals surface area contributed by atoms with Gasteiger partial charge in [0.05, 0.1) is 0 Å². The molecule has 0 spiro atoms. The number of aliphatic imine (C=N–C) groups is 1. The van der Waals surface area contributed by atoms with Crippen LogP contribution < -0.4 is 0 Å². The molecular formula is C9H19N3. The summed E-state index contributed by atoms with van der Waals surface area (Å²) in [5, 5.41) is 7.51. The number of hydrogen-bond acceptors (Lipinski definition) is 3. The van der Waals surface area contributed by atoms with Crippen LogP contribution in [0, 0.1) is 5.41 Å². The van der Waals surface area contributed by atoms with Crippen molar-refractivity contribution < 1.29 is 0 Å². The van der Waals surface area contributed by atoms with Gasteiger partial charge >= 0.3 is 0 Å². The molecule has 0 aliphatic rings. The highest BCUT2D eigenvalue weighted by Crippen LogP contribution is 1.94. The molecule has 1 atom stereocenters. The Hall–Kier alpha value is -0.700. The zero-order valence-corrected chi connectivity index (χ0v) is 8.46. The number of rotatable bonds is 5. The van der Waals surface area contributed by atoms with Gasteiger partial charge in [0.15, 0.2) is 0 Å². The van der Waals surface area contributed by atoms with Gasteiger partial charge in [0.25, 0.3) is 0 Å². The van der Waals surface area contributed by atoms with Gasteiger partial charge in [-0.1, -0.05) is 6.92 Å². The molecule has 1 unspecified atom stereocenters. The van der Waals surface area contributed by atoms with Gasteiger partial charge in [-0.15, -0.1) is 0 Å². The van der Waals surface area contributed by atoms with Crippen LogP contribution in [0.1, 0.15) is 20.3 Å². The third-order valence-electron chi connectivity index (χ3n) is 1.93. The summed E-state index contributed by atoms with van der Waals surface area (Å²) >= 11 is 0. The minimum absolute atomic E-state index is 0.321. The highest BCUT2D eigenvalue weighted by atomic mass is 15.1. The molecule has 12 heavy (non-hydrogen) atoms. The van der Waals surface area contributed by atoms with Gasteiger partial charge in [-0.05, 0) is 20.4 Å². The highest BCUT2D eigenvalue weighted by molar-refractivity contribution is 5.83. The van der Waals surface area contributed by atoms with E-state index in [1.807, 2.05) is 20.2 Å². The summed E-state index contributed by atoms with van der Waals surface area (Å²) in [4.78, 5) is 6.06. The predicted molar refractivity (Wildman–Crippen MR) is 54.5 cm³/mol. The lowest BCUT2D eigenvalue weighted by molar-refractivity contribution is 0.357. The van der Waals surface area contributed by atoms with Gasteiger partial charge in [0.2, 0.25) is 0 Å². The maximum atomic E-state index is 7.51. The zero-order valence-electron chi connectivity index (χ0n) is 8.46. The first kappa shape index (κ1) is 11.3. The van der Waals surface area contributed by atoms with E-state index < -0.39 is 0 Å². The zero-order chi connectivity index (χ0) is 9.56. The van der Waals surface area contributed by atoms with Crippen LogP contribution >= 0.6 is 0 Å². The Morgan fingerprint density at radius 2 is 2.25 bits per heavy atom. The quantitative estimate of drug-likeness (QED) is 0.621. The first-order valence-electron chi connectivity index (χ1n) is 4.30. The standard InChI is InChI=1S/C9H19N3/c1-5-9(10)7-12(4)8(2)6-11-3/h6,8,10H,5,7H2,1-4H3. The van der Waals surface area contributed by atoms with Crippen LogP contribution in [0.15, 0.2) is 4.99 Å². The molecular weight excluding hydrogens is 150 g/mol. The number of nitrogens with zero attached hydrogens (tertiary/aromatic N) is 2. The van der Waals surface area contributed by atoms with Crippen molar-refractivity contribution in [1.82, 2.24) is 4.90 Å². The topological polar surface area (TPSA) is 39.5 Å². The second kappa shape index (κ2) is 5.89. The first-order valence-corrected chi connectivity index (χ1v) is 4.30. The predicted octanol–water partition coefficient (Wildman–Crippen LogP) is 1.44. The van der Waals surface area contributed by atoms with E-state index in [0.29, 0.717) is 6.04 Å². The molecule has 0 saturated heterocycles. The highest BCUT2D eigenvalue weighted by Gasteiger charge is 2.06. The van der Waals surface area contributed by atoms with E-state index >= 15 is 0 Å². The summed E-state index contributed by atoms with van der Waals surface area (Å²) in [6.45, 7) is 4.83. The van der Waals surface area contributed by atoms with Crippen molar-refractivity contribution in [3.8, 4) is 0 Å². The van der Waals surface area contributed by atoms with Gasteiger partial charge < -0.3 is 5.41 Å². The number of nitrogens with one attached hydrogen (secondary N) is 1. The SMILES string of the molecule is CCC(=N)CN(C)C(C)C=NC. The molecule has 0 heterocycles. The van der Waals surface area contributed by atoms with Crippen LogP contribution in [0.2, 0.25) is 0 Å². The van der Waals surface area contributed by atoms with Crippen LogP contribution in [-0.2, 0) is 0 Å². The Balaban J connectivity index is 3.85. The van der Waals surface area contributed by atoms with Crippen LogP contribution in [-0.4, -0.2) is 43.5 Å². The van der Waals surface area contributed by atoms with E-state index in [1.54, 1.807) is 7.05 Å². The molecule has 0 aliphatic heterocycles. The van der Waals surface area contributed by atoms with Crippen molar-refractivity contribution in [3.05, 3.63) is 0 Å². The fraction of sp³-hybridized carbons (Fsp3) is 0.778. The molecule has 0 fully saturated rings. The Morgan fingerprint density at radius 3 is 2.67 bits per heavy atom. The van der Waals surface area contributed by atoms with Crippen LogP contribution in [0.25, 0.3) is 0 Å². The Morgan fingerprint density at radius 1 is 1.67 bits per heavy atom. The van der Waals surface area contributed by atoms with Crippen molar-refractivity contribution in [3.63, 3.8) is 0 Å². The lowest BCUT2D eigenvalue weighted by atomic mass is 10.2. The third kappa shape index (κ3) is 4.23.